The van der Waals surface area contributed by atoms with Crippen LogP contribution in [-0.4, -0.2) is 49.9 Å². The third-order valence-electron chi connectivity index (χ3n) is 5.96. The largest absolute Gasteiger partial charge is 0.424 e. The van der Waals surface area contributed by atoms with Gasteiger partial charge < -0.3 is 14.6 Å². The van der Waals surface area contributed by atoms with Crippen molar-refractivity contribution in [3.8, 4) is 5.69 Å². The number of piperidine rings is 1. The number of carbonyl (C=O) groups is 1. The fraction of sp³-hybridized carbons (Fsp3) is 0.304. The molecule has 0 spiro atoms. The Balaban J connectivity index is 1.40. The van der Waals surface area contributed by atoms with Crippen LogP contribution in [0.2, 0.25) is 0 Å². The molecule has 1 aliphatic rings. The summed E-state index contributed by atoms with van der Waals surface area (Å²) in [6.45, 7) is 3.25. The number of fused-ring (bicyclic) bond motifs is 1. The summed E-state index contributed by atoms with van der Waals surface area (Å²) in [6, 6.07) is 12.0. The molecule has 1 N–H and O–H groups in total. The number of amides is 1. The van der Waals surface area contributed by atoms with Gasteiger partial charge in [-0.2, -0.15) is 20.0 Å². The van der Waals surface area contributed by atoms with Crippen molar-refractivity contribution in [2.45, 2.75) is 25.8 Å². The third-order valence-corrected chi connectivity index (χ3v) is 5.96. The van der Waals surface area contributed by atoms with E-state index in [1.54, 1.807) is 0 Å². The fourth-order valence-electron chi connectivity index (χ4n) is 4.30. The molecule has 9 heteroatoms. The van der Waals surface area contributed by atoms with Crippen LogP contribution in [0.4, 0.5) is 10.4 Å². The summed E-state index contributed by atoms with van der Waals surface area (Å²) in [6.07, 6.45) is 4.91. The quantitative estimate of drug-likeness (QED) is 0.513. The van der Waals surface area contributed by atoms with E-state index < -0.39 is 5.82 Å². The summed E-state index contributed by atoms with van der Waals surface area (Å²) in [5.74, 6) is -0.348. The van der Waals surface area contributed by atoms with Crippen LogP contribution in [0.15, 0.2) is 59.3 Å². The lowest BCUT2D eigenvalue weighted by Crippen LogP contribution is -2.51. The average molecular weight is 434 g/mol. The summed E-state index contributed by atoms with van der Waals surface area (Å²) < 4.78 is 19.7. The number of nitrogens with zero attached hydrogens (tertiary/aromatic N) is 5. The van der Waals surface area contributed by atoms with Crippen molar-refractivity contribution in [2.24, 2.45) is 5.92 Å². The molecule has 164 valence electrons. The van der Waals surface area contributed by atoms with Crippen LogP contribution in [0.3, 0.4) is 0 Å². The molecule has 0 unspecified atom stereocenters. The molecule has 4 aromatic rings. The number of aromatic nitrogens is 4. The maximum atomic E-state index is 14.0. The first-order valence-electron chi connectivity index (χ1n) is 10.7. The number of hydrogen-bond donors (Lipinski definition) is 1. The topological polar surface area (TPSA) is 89.1 Å². The molecule has 3 heterocycles. The molecule has 1 fully saturated rings. The first kappa shape index (κ1) is 20.2. The van der Waals surface area contributed by atoms with E-state index in [2.05, 4.69) is 27.4 Å². The molecule has 1 saturated heterocycles. The van der Waals surface area contributed by atoms with Gasteiger partial charge in [0.2, 0.25) is 0 Å². The van der Waals surface area contributed by atoms with Crippen LogP contribution >= 0.6 is 0 Å². The first-order chi connectivity index (χ1) is 15.6. The van der Waals surface area contributed by atoms with Crippen molar-refractivity contribution in [1.29, 1.82) is 0 Å². The van der Waals surface area contributed by atoms with Gasteiger partial charge in [0.05, 0.1) is 24.0 Å². The normalized spacial score (nSPS) is 18.8. The van der Waals surface area contributed by atoms with E-state index in [1.807, 2.05) is 29.2 Å². The second kappa shape index (κ2) is 8.41. The minimum atomic E-state index is -0.449. The number of oxazole rings is 1. The van der Waals surface area contributed by atoms with Crippen LogP contribution < -0.4 is 5.32 Å². The van der Waals surface area contributed by atoms with Crippen molar-refractivity contribution >= 4 is 23.0 Å². The highest BCUT2D eigenvalue weighted by Gasteiger charge is 2.33. The van der Waals surface area contributed by atoms with Crippen LogP contribution in [0.5, 0.6) is 0 Å². The van der Waals surface area contributed by atoms with Gasteiger partial charge in [-0.25, -0.2) is 4.39 Å². The lowest BCUT2D eigenvalue weighted by atomic mass is 9.90. The van der Waals surface area contributed by atoms with E-state index in [9.17, 15) is 9.18 Å². The minimum Gasteiger partial charge on any atom is -0.424 e. The highest BCUT2D eigenvalue weighted by Crippen LogP contribution is 2.28. The van der Waals surface area contributed by atoms with Crippen molar-refractivity contribution in [1.82, 2.24) is 24.9 Å². The molecule has 2 aromatic heterocycles. The van der Waals surface area contributed by atoms with Gasteiger partial charge in [0.25, 0.3) is 11.9 Å². The maximum Gasteiger partial charge on any atom is 0.295 e. The number of benzene rings is 2. The zero-order valence-corrected chi connectivity index (χ0v) is 17.6. The Morgan fingerprint density at radius 1 is 1.22 bits per heavy atom. The van der Waals surface area contributed by atoms with Crippen molar-refractivity contribution < 1.29 is 13.6 Å². The van der Waals surface area contributed by atoms with E-state index in [4.69, 9.17) is 4.42 Å². The van der Waals surface area contributed by atoms with E-state index >= 15 is 0 Å². The van der Waals surface area contributed by atoms with Gasteiger partial charge in [-0.15, -0.1) is 0 Å². The number of halogens is 1. The highest BCUT2D eigenvalue weighted by molar-refractivity contribution is 5.98. The monoisotopic (exact) mass is 434 g/mol. The zero-order chi connectivity index (χ0) is 22.1. The van der Waals surface area contributed by atoms with E-state index in [0.717, 1.165) is 18.4 Å². The number of carbonyl (C=O) groups excluding carboxylic acids is 1. The van der Waals surface area contributed by atoms with Crippen molar-refractivity contribution in [2.75, 3.05) is 18.4 Å². The van der Waals surface area contributed by atoms with Gasteiger partial charge in [0.1, 0.15) is 17.0 Å². The molecule has 0 bridgehead atoms. The first-order valence-corrected chi connectivity index (χ1v) is 10.7. The molecule has 8 nitrogen and oxygen atoms in total. The molecule has 2 atom stereocenters. The van der Waals surface area contributed by atoms with Crippen LogP contribution in [0, 0.1) is 11.7 Å². The minimum absolute atomic E-state index is 0.0743. The van der Waals surface area contributed by atoms with E-state index in [-0.39, 0.29) is 17.9 Å². The number of rotatable bonds is 5. The Labute approximate surface area is 184 Å². The van der Waals surface area contributed by atoms with Crippen LogP contribution in [0.25, 0.3) is 16.8 Å². The maximum absolute atomic E-state index is 14.0. The summed E-state index contributed by atoms with van der Waals surface area (Å²) >= 11 is 0. The molecular weight excluding hydrogens is 411 g/mol. The molecule has 1 amide bonds. The van der Waals surface area contributed by atoms with Gasteiger partial charge in [-0.05, 0) is 43.0 Å². The Hall–Kier alpha value is -3.75. The van der Waals surface area contributed by atoms with Gasteiger partial charge >= 0.3 is 0 Å². The highest BCUT2D eigenvalue weighted by atomic mass is 19.1. The van der Waals surface area contributed by atoms with Gasteiger partial charge in [0.15, 0.2) is 5.58 Å². The Morgan fingerprint density at radius 3 is 2.84 bits per heavy atom. The second-order valence-electron chi connectivity index (χ2n) is 8.03. The third kappa shape index (κ3) is 3.81. The molecule has 0 aliphatic carbocycles. The smallest absolute Gasteiger partial charge is 0.295 e. The molecule has 1 aliphatic heterocycles. The average Bonchev–Trinajstić information content (AvgIpc) is 3.47. The number of nitrogens with one attached hydrogen (secondary N) is 1. The number of para-hydroxylation sites is 2. The van der Waals surface area contributed by atoms with Crippen molar-refractivity contribution in [3.63, 3.8) is 0 Å². The standard InChI is InChI=1S/C23H23FN6O2/c1-15-5-4-12-29(20(15)14-25-23-28-18-6-2-3-7-21(18)32-23)22(31)17-9-8-16(24)13-19(17)30-26-10-11-27-30/h2-3,6-11,13,15,20H,4-5,12,14H2,1H3,(H,25,28)/t15-,20-/m1/s1. The Morgan fingerprint density at radius 2 is 2.03 bits per heavy atom. The lowest BCUT2D eigenvalue weighted by Gasteiger charge is -2.40. The zero-order valence-electron chi connectivity index (χ0n) is 17.6. The number of likely N-dealkylation sites (tertiary alicyclic amines) is 1. The van der Waals surface area contributed by atoms with Gasteiger partial charge in [-0.1, -0.05) is 19.1 Å². The predicted octanol–water partition coefficient (Wildman–Crippen LogP) is 3.90. The van der Waals surface area contributed by atoms with E-state index in [1.165, 1.54) is 35.4 Å². The van der Waals surface area contributed by atoms with Crippen molar-refractivity contribution in [3.05, 3.63) is 66.2 Å². The van der Waals surface area contributed by atoms with E-state index in [0.29, 0.717) is 35.9 Å². The molecule has 2 aromatic carbocycles. The summed E-state index contributed by atoms with van der Waals surface area (Å²) in [5, 5.41) is 11.4. The summed E-state index contributed by atoms with van der Waals surface area (Å²) in [4.78, 5) is 21.2. The predicted molar refractivity (Wildman–Crippen MR) is 117 cm³/mol. The molecule has 0 radical (unpaired) electrons. The second-order valence-corrected chi connectivity index (χ2v) is 8.03. The number of hydrogen-bond acceptors (Lipinski definition) is 6. The molecule has 32 heavy (non-hydrogen) atoms. The van der Waals surface area contributed by atoms with Crippen LogP contribution in [-0.2, 0) is 0 Å². The Bertz CT molecular complexity index is 1210. The number of anilines is 1. The molecule has 5 rings (SSSR count). The van der Waals surface area contributed by atoms with Crippen LogP contribution in [0.1, 0.15) is 30.1 Å². The SMILES string of the molecule is C[C@@H]1CCCN(C(=O)c2ccc(F)cc2-n2nccn2)[C@@H]1CNc1nc2ccccc2o1. The summed E-state index contributed by atoms with van der Waals surface area (Å²) in [5.41, 5.74) is 2.18. The lowest BCUT2D eigenvalue weighted by molar-refractivity contribution is 0.0539. The van der Waals surface area contributed by atoms with Gasteiger partial charge in [0, 0.05) is 19.2 Å². The Kier molecular flexibility index (Phi) is 5.30. The summed E-state index contributed by atoms with van der Waals surface area (Å²) in [7, 11) is 0. The fourth-order valence-corrected chi connectivity index (χ4v) is 4.30. The molecule has 0 saturated carbocycles. The van der Waals surface area contributed by atoms with Gasteiger partial charge in [-0.3, -0.25) is 4.79 Å². The molecular formula is C23H23FN6O2.